The highest BCUT2D eigenvalue weighted by Gasteiger charge is 2.25. The highest BCUT2D eigenvalue weighted by atomic mass is 35.5. The van der Waals surface area contributed by atoms with Gasteiger partial charge >= 0.3 is 0 Å². The maximum absolute atomic E-state index is 12.7. The number of nitrogens with zero attached hydrogens (tertiary/aromatic N) is 3. The second kappa shape index (κ2) is 8.88. The summed E-state index contributed by atoms with van der Waals surface area (Å²) in [4.78, 5) is 23.5. The Morgan fingerprint density at radius 1 is 1.15 bits per heavy atom. The maximum Gasteiger partial charge on any atom is 0.262 e. The van der Waals surface area contributed by atoms with Crippen molar-refractivity contribution in [3.8, 4) is 11.8 Å². The average Bonchev–Trinajstić information content (AvgIpc) is 2.72. The molecule has 0 radical (unpaired) electrons. The van der Waals surface area contributed by atoms with E-state index in [1.807, 2.05) is 17.0 Å². The lowest BCUT2D eigenvalue weighted by Gasteiger charge is -2.27. The lowest BCUT2D eigenvalue weighted by atomic mass is 10.2. The highest BCUT2D eigenvalue weighted by Crippen LogP contribution is 2.28. The van der Waals surface area contributed by atoms with E-state index in [4.69, 9.17) is 25.8 Å². The van der Waals surface area contributed by atoms with Crippen molar-refractivity contribution in [2.24, 2.45) is 0 Å². The Balaban J connectivity index is 1.82. The van der Waals surface area contributed by atoms with Gasteiger partial charge in [-0.15, -0.1) is 0 Å². The Morgan fingerprint density at radius 2 is 1.74 bits per heavy atom. The number of nitrogens with one attached hydrogen (secondary N) is 1. The molecular weight excluding hydrogens is 372 g/mol. The van der Waals surface area contributed by atoms with Crippen LogP contribution in [0.5, 0.6) is 11.8 Å². The maximum atomic E-state index is 12.7. The molecule has 144 valence electrons. The van der Waals surface area contributed by atoms with Gasteiger partial charge in [-0.2, -0.15) is 9.97 Å². The van der Waals surface area contributed by atoms with Crippen LogP contribution in [0.4, 0.5) is 5.95 Å². The first-order chi connectivity index (χ1) is 13.1. The molecule has 1 aliphatic heterocycles. The van der Waals surface area contributed by atoms with E-state index in [-0.39, 0.29) is 23.2 Å². The van der Waals surface area contributed by atoms with Gasteiger partial charge in [-0.05, 0) is 17.7 Å². The summed E-state index contributed by atoms with van der Waals surface area (Å²) in [6.07, 6.45) is 0. The van der Waals surface area contributed by atoms with E-state index in [0.717, 1.165) is 5.56 Å². The van der Waals surface area contributed by atoms with Crippen molar-refractivity contribution in [3.63, 3.8) is 0 Å². The van der Waals surface area contributed by atoms with Gasteiger partial charge in [-0.25, -0.2) is 0 Å². The molecule has 0 unspecified atom stereocenters. The van der Waals surface area contributed by atoms with Crippen LogP contribution in [-0.4, -0.2) is 56.4 Å². The van der Waals surface area contributed by atoms with Gasteiger partial charge in [0.05, 0.1) is 27.4 Å². The summed E-state index contributed by atoms with van der Waals surface area (Å²) in [6.45, 7) is 2.84. The van der Waals surface area contributed by atoms with Gasteiger partial charge < -0.3 is 24.4 Å². The molecule has 8 nitrogen and oxygen atoms in total. The molecule has 1 aromatic heterocycles. The Hall–Kier alpha value is -2.58. The van der Waals surface area contributed by atoms with Crippen LogP contribution in [0.2, 0.25) is 5.02 Å². The molecule has 3 rings (SSSR count). The third-order valence-electron chi connectivity index (χ3n) is 4.10. The molecule has 1 N–H and O–H groups in total. The molecule has 1 aliphatic rings. The van der Waals surface area contributed by atoms with Crippen LogP contribution in [0.1, 0.15) is 15.9 Å². The van der Waals surface area contributed by atoms with Crippen molar-refractivity contribution < 1.29 is 19.0 Å². The first-order valence-corrected chi connectivity index (χ1v) is 8.85. The second-order valence-electron chi connectivity index (χ2n) is 5.83. The van der Waals surface area contributed by atoms with Gasteiger partial charge in [0.25, 0.3) is 5.91 Å². The fourth-order valence-electron chi connectivity index (χ4n) is 2.68. The molecule has 1 fully saturated rings. The van der Waals surface area contributed by atoms with Crippen molar-refractivity contribution in [3.05, 3.63) is 40.4 Å². The fraction of sp³-hybridized carbons (Fsp3) is 0.389. The lowest BCUT2D eigenvalue weighted by molar-refractivity contribution is 0.0942. The van der Waals surface area contributed by atoms with Crippen LogP contribution in [0.3, 0.4) is 0 Å². The van der Waals surface area contributed by atoms with Crippen molar-refractivity contribution in [1.29, 1.82) is 0 Å². The molecule has 27 heavy (non-hydrogen) atoms. The number of carbonyl (C=O) groups excluding carboxylic acids is 1. The number of anilines is 1. The van der Waals surface area contributed by atoms with Gasteiger partial charge in [0.15, 0.2) is 5.56 Å². The molecule has 0 bridgehead atoms. The summed E-state index contributed by atoms with van der Waals surface area (Å²) < 4.78 is 16.0. The number of hydrogen-bond acceptors (Lipinski definition) is 7. The van der Waals surface area contributed by atoms with Crippen molar-refractivity contribution in [1.82, 2.24) is 15.3 Å². The average molecular weight is 393 g/mol. The van der Waals surface area contributed by atoms with Crippen LogP contribution in [0.15, 0.2) is 24.3 Å². The Bertz CT molecular complexity index is 769. The van der Waals surface area contributed by atoms with Crippen LogP contribution in [0, 0.1) is 0 Å². The molecule has 0 saturated carbocycles. The first-order valence-electron chi connectivity index (χ1n) is 8.47. The molecule has 1 aromatic carbocycles. The molecule has 2 heterocycles. The summed E-state index contributed by atoms with van der Waals surface area (Å²) in [5, 5.41) is 3.47. The van der Waals surface area contributed by atoms with E-state index in [0.29, 0.717) is 43.8 Å². The Labute approximate surface area is 162 Å². The smallest absolute Gasteiger partial charge is 0.262 e. The van der Waals surface area contributed by atoms with E-state index < -0.39 is 0 Å². The summed E-state index contributed by atoms with van der Waals surface area (Å²) in [6, 6.07) is 7.22. The number of hydrogen-bond donors (Lipinski definition) is 1. The summed E-state index contributed by atoms with van der Waals surface area (Å²) in [5.41, 5.74) is 1.07. The molecule has 9 heteroatoms. The van der Waals surface area contributed by atoms with E-state index >= 15 is 0 Å². The number of methoxy groups -OCH3 is 2. The van der Waals surface area contributed by atoms with E-state index in [2.05, 4.69) is 15.3 Å². The number of amides is 1. The SMILES string of the molecule is COc1nc(N2CCOCC2)nc(OC)c1C(=O)NCc1ccc(Cl)cc1. The minimum atomic E-state index is -0.382. The van der Waals surface area contributed by atoms with Crippen LogP contribution >= 0.6 is 11.6 Å². The van der Waals surface area contributed by atoms with E-state index in [9.17, 15) is 4.79 Å². The normalized spacial score (nSPS) is 14.0. The van der Waals surface area contributed by atoms with E-state index in [1.165, 1.54) is 14.2 Å². The molecular formula is C18H21ClN4O4. The number of ether oxygens (including phenoxy) is 3. The molecule has 0 spiro atoms. The fourth-order valence-corrected chi connectivity index (χ4v) is 2.80. The zero-order valence-corrected chi connectivity index (χ0v) is 16.0. The highest BCUT2D eigenvalue weighted by molar-refractivity contribution is 6.30. The number of aromatic nitrogens is 2. The van der Waals surface area contributed by atoms with Crippen molar-refractivity contribution in [2.75, 3.05) is 45.4 Å². The number of rotatable bonds is 6. The summed E-state index contributed by atoms with van der Waals surface area (Å²) in [7, 11) is 2.92. The van der Waals surface area contributed by atoms with Crippen LogP contribution < -0.4 is 19.7 Å². The van der Waals surface area contributed by atoms with Gasteiger partial charge in [0, 0.05) is 24.7 Å². The molecule has 0 atom stereocenters. The minimum absolute atomic E-state index is 0.158. The van der Waals surface area contributed by atoms with Crippen LogP contribution in [0.25, 0.3) is 0 Å². The zero-order valence-electron chi connectivity index (χ0n) is 15.2. The predicted octanol–water partition coefficient (Wildman–Crippen LogP) is 1.91. The Morgan fingerprint density at radius 3 is 2.30 bits per heavy atom. The molecule has 0 aliphatic carbocycles. The zero-order chi connectivity index (χ0) is 19.2. The number of carbonyl (C=O) groups is 1. The molecule has 1 saturated heterocycles. The number of morpholine rings is 1. The van der Waals surface area contributed by atoms with Gasteiger partial charge in [-0.1, -0.05) is 23.7 Å². The third-order valence-corrected chi connectivity index (χ3v) is 4.36. The van der Waals surface area contributed by atoms with Gasteiger partial charge in [-0.3, -0.25) is 4.79 Å². The van der Waals surface area contributed by atoms with Gasteiger partial charge in [0.2, 0.25) is 17.7 Å². The van der Waals surface area contributed by atoms with E-state index in [1.54, 1.807) is 12.1 Å². The largest absolute Gasteiger partial charge is 0.480 e. The quantitative estimate of drug-likeness (QED) is 0.803. The van der Waals surface area contributed by atoms with Crippen molar-refractivity contribution in [2.45, 2.75) is 6.54 Å². The standard InChI is InChI=1S/C18H21ClN4O4/c1-25-16-14(15(24)20-11-12-3-5-13(19)6-4-12)17(26-2)22-18(21-16)23-7-9-27-10-8-23/h3-6H,7-11H2,1-2H3,(H,20,24). The van der Waals surface area contributed by atoms with Crippen molar-refractivity contribution >= 4 is 23.5 Å². The number of halogens is 1. The molecule has 2 aromatic rings. The monoisotopic (exact) mass is 392 g/mol. The Kier molecular flexibility index (Phi) is 6.31. The third kappa shape index (κ3) is 4.58. The summed E-state index contributed by atoms with van der Waals surface area (Å²) >= 11 is 5.88. The lowest BCUT2D eigenvalue weighted by Crippen LogP contribution is -2.37. The van der Waals surface area contributed by atoms with Crippen LogP contribution in [-0.2, 0) is 11.3 Å². The molecule has 1 amide bonds. The summed E-state index contributed by atoms with van der Waals surface area (Å²) in [5.74, 6) is 0.391. The van der Waals surface area contributed by atoms with Gasteiger partial charge in [0.1, 0.15) is 0 Å². The topological polar surface area (TPSA) is 85.8 Å². The first kappa shape index (κ1) is 19.2. The predicted molar refractivity (Wildman–Crippen MR) is 101 cm³/mol. The second-order valence-corrected chi connectivity index (χ2v) is 6.26. The minimum Gasteiger partial charge on any atom is -0.480 e. The number of benzene rings is 1.